The second-order valence-corrected chi connectivity index (χ2v) is 4.00. The number of fused-ring (bicyclic) bond motifs is 2. The zero-order valence-electron chi connectivity index (χ0n) is 6.71. The zero-order chi connectivity index (χ0) is 7.31. The van der Waals surface area contributed by atoms with E-state index in [1.54, 1.807) is 0 Å². The van der Waals surface area contributed by atoms with Crippen molar-refractivity contribution >= 4 is 0 Å². The Bertz CT molecular complexity index is 172. The predicted molar refractivity (Wildman–Crippen MR) is 40.4 cm³/mol. The molecule has 3 rings (SSSR count). The van der Waals surface area contributed by atoms with Gasteiger partial charge in [-0.1, -0.05) is 0 Å². The van der Waals surface area contributed by atoms with Crippen molar-refractivity contribution in [2.24, 2.45) is 0 Å². The summed E-state index contributed by atoms with van der Waals surface area (Å²) in [5.41, 5.74) is 0.183. The SMILES string of the molecule is C1CO[C@]2(C1)CCC[C@H]1O[C@H]12. The van der Waals surface area contributed by atoms with Crippen LogP contribution >= 0.6 is 0 Å². The third-order valence-electron chi connectivity index (χ3n) is 3.32. The van der Waals surface area contributed by atoms with Gasteiger partial charge < -0.3 is 9.47 Å². The van der Waals surface area contributed by atoms with E-state index in [0.29, 0.717) is 12.2 Å². The van der Waals surface area contributed by atoms with Gasteiger partial charge in [-0.25, -0.2) is 0 Å². The van der Waals surface area contributed by atoms with E-state index in [1.165, 1.54) is 32.1 Å². The number of hydrogen-bond donors (Lipinski definition) is 0. The first-order chi connectivity index (χ1) is 5.41. The lowest BCUT2D eigenvalue weighted by Crippen LogP contribution is -2.38. The van der Waals surface area contributed by atoms with Gasteiger partial charge in [-0.2, -0.15) is 0 Å². The summed E-state index contributed by atoms with van der Waals surface area (Å²) >= 11 is 0. The Labute approximate surface area is 66.9 Å². The van der Waals surface area contributed by atoms with Crippen LogP contribution in [0.5, 0.6) is 0 Å². The van der Waals surface area contributed by atoms with Crippen molar-refractivity contribution in [3.63, 3.8) is 0 Å². The first kappa shape index (κ1) is 6.44. The van der Waals surface area contributed by atoms with E-state index < -0.39 is 0 Å². The van der Waals surface area contributed by atoms with Crippen molar-refractivity contribution in [2.45, 2.75) is 49.9 Å². The predicted octanol–water partition coefficient (Wildman–Crippen LogP) is 1.49. The van der Waals surface area contributed by atoms with Crippen LogP contribution in [0.4, 0.5) is 0 Å². The summed E-state index contributed by atoms with van der Waals surface area (Å²) in [5.74, 6) is 0. The Hall–Kier alpha value is -0.0800. The number of ether oxygens (including phenoxy) is 2. The Morgan fingerprint density at radius 3 is 2.91 bits per heavy atom. The van der Waals surface area contributed by atoms with Gasteiger partial charge in [0.15, 0.2) is 0 Å². The minimum absolute atomic E-state index is 0.183. The van der Waals surface area contributed by atoms with Crippen LogP contribution in [0.2, 0.25) is 0 Å². The first-order valence-electron chi connectivity index (χ1n) is 4.70. The minimum atomic E-state index is 0.183. The third kappa shape index (κ3) is 0.798. The molecule has 0 radical (unpaired) electrons. The van der Waals surface area contributed by atoms with Crippen LogP contribution in [-0.2, 0) is 9.47 Å². The fraction of sp³-hybridized carbons (Fsp3) is 1.00. The Kier molecular flexibility index (Phi) is 1.16. The molecule has 3 fully saturated rings. The Balaban J connectivity index is 1.84. The van der Waals surface area contributed by atoms with Crippen molar-refractivity contribution < 1.29 is 9.47 Å². The van der Waals surface area contributed by atoms with Gasteiger partial charge in [0.25, 0.3) is 0 Å². The van der Waals surface area contributed by atoms with Crippen LogP contribution in [0, 0.1) is 0 Å². The highest BCUT2D eigenvalue weighted by Gasteiger charge is 2.58. The number of hydrogen-bond acceptors (Lipinski definition) is 2. The van der Waals surface area contributed by atoms with E-state index in [1.807, 2.05) is 0 Å². The molecule has 0 N–H and O–H groups in total. The van der Waals surface area contributed by atoms with Crippen LogP contribution in [0.25, 0.3) is 0 Å². The van der Waals surface area contributed by atoms with E-state index in [2.05, 4.69) is 0 Å². The van der Waals surface area contributed by atoms with Gasteiger partial charge in [0.1, 0.15) is 6.10 Å². The molecule has 0 amide bonds. The molecular weight excluding hydrogens is 140 g/mol. The number of rotatable bonds is 0. The second kappa shape index (κ2) is 1.99. The summed E-state index contributed by atoms with van der Waals surface area (Å²) in [6.07, 6.45) is 7.37. The summed E-state index contributed by atoms with van der Waals surface area (Å²) in [7, 11) is 0. The lowest BCUT2D eigenvalue weighted by Gasteiger charge is -2.29. The molecule has 2 heterocycles. The topological polar surface area (TPSA) is 21.8 Å². The Morgan fingerprint density at radius 2 is 2.09 bits per heavy atom. The molecule has 11 heavy (non-hydrogen) atoms. The lowest BCUT2D eigenvalue weighted by atomic mass is 9.83. The van der Waals surface area contributed by atoms with Gasteiger partial charge >= 0.3 is 0 Å². The molecule has 0 aromatic carbocycles. The molecule has 0 bridgehead atoms. The van der Waals surface area contributed by atoms with Crippen molar-refractivity contribution in [1.29, 1.82) is 0 Å². The van der Waals surface area contributed by atoms with Crippen LogP contribution in [0.3, 0.4) is 0 Å². The van der Waals surface area contributed by atoms with Gasteiger partial charge in [0, 0.05) is 6.61 Å². The summed E-state index contributed by atoms with van der Waals surface area (Å²) < 4.78 is 11.4. The van der Waals surface area contributed by atoms with Gasteiger partial charge in [-0.15, -0.1) is 0 Å². The molecule has 0 aromatic rings. The second-order valence-electron chi connectivity index (χ2n) is 4.00. The first-order valence-corrected chi connectivity index (χ1v) is 4.70. The summed E-state index contributed by atoms with van der Waals surface area (Å²) in [6.45, 7) is 0.965. The highest BCUT2D eigenvalue weighted by molar-refractivity contribution is 5.07. The molecule has 3 atom stereocenters. The molecule has 2 aliphatic heterocycles. The summed E-state index contributed by atoms with van der Waals surface area (Å²) in [5, 5.41) is 0. The molecule has 0 aromatic heterocycles. The largest absolute Gasteiger partial charge is 0.372 e. The molecule has 1 aliphatic carbocycles. The number of epoxide rings is 1. The third-order valence-corrected chi connectivity index (χ3v) is 3.32. The molecule has 1 saturated carbocycles. The molecule has 1 spiro atoms. The molecule has 0 unspecified atom stereocenters. The smallest absolute Gasteiger partial charge is 0.113 e. The fourth-order valence-electron chi connectivity index (χ4n) is 2.71. The molecule has 3 aliphatic rings. The zero-order valence-corrected chi connectivity index (χ0v) is 6.71. The normalized spacial score (nSPS) is 54.5. The summed E-state index contributed by atoms with van der Waals surface area (Å²) in [4.78, 5) is 0. The highest BCUT2D eigenvalue weighted by atomic mass is 16.6. The van der Waals surface area contributed by atoms with Crippen molar-refractivity contribution in [1.82, 2.24) is 0 Å². The van der Waals surface area contributed by atoms with Gasteiger partial charge in [-0.05, 0) is 32.1 Å². The molecule has 2 heteroatoms. The van der Waals surface area contributed by atoms with Crippen LogP contribution in [0.1, 0.15) is 32.1 Å². The molecule has 62 valence electrons. The van der Waals surface area contributed by atoms with Crippen LogP contribution < -0.4 is 0 Å². The lowest BCUT2D eigenvalue weighted by molar-refractivity contribution is -0.0282. The standard InChI is InChI=1S/C9H14O2/c1-3-7-8(11-7)9(4-1)5-2-6-10-9/h7-8H,1-6H2/t7-,8-,9+/m1/s1. The maximum absolute atomic E-state index is 5.81. The van der Waals surface area contributed by atoms with E-state index in [4.69, 9.17) is 9.47 Å². The van der Waals surface area contributed by atoms with Crippen LogP contribution in [-0.4, -0.2) is 24.4 Å². The molecule has 2 saturated heterocycles. The minimum Gasteiger partial charge on any atom is -0.372 e. The van der Waals surface area contributed by atoms with E-state index in [-0.39, 0.29) is 5.60 Å². The highest BCUT2D eigenvalue weighted by Crippen LogP contribution is 2.49. The molecular formula is C9H14O2. The Morgan fingerprint density at radius 1 is 1.18 bits per heavy atom. The van der Waals surface area contributed by atoms with Gasteiger partial charge in [0.05, 0.1) is 11.7 Å². The fourth-order valence-corrected chi connectivity index (χ4v) is 2.71. The maximum atomic E-state index is 5.81. The quantitative estimate of drug-likeness (QED) is 0.493. The maximum Gasteiger partial charge on any atom is 0.113 e. The average Bonchev–Trinajstić information content (AvgIpc) is 2.68. The van der Waals surface area contributed by atoms with Crippen molar-refractivity contribution in [3.05, 3.63) is 0 Å². The average molecular weight is 154 g/mol. The monoisotopic (exact) mass is 154 g/mol. The van der Waals surface area contributed by atoms with E-state index >= 15 is 0 Å². The van der Waals surface area contributed by atoms with E-state index in [9.17, 15) is 0 Å². The van der Waals surface area contributed by atoms with Gasteiger partial charge in [-0.3, -0.25) is 0 Å². The molecule has 2 nitrogen and oxygen atoms in total. The van der Waals surface area contributed by atoms with Crippen molar-refractivity contribution in [2.75, 3.05) is 6.61 Å². The van der Waals surface area contributed by atoms with E-state index in [0.717, 1.165) is 6.61 Å². The van der Waals surface area contributed by atoms with Gasteiger partial charge in [0.2, 0.25) is 0 Å². The van der Waals surface area contributed by atoms with Crippen molar-refractivity contribution in [3.8, 4) is 0 Å². The summed E-state index contributed by atoms with van der Waals surface area (Å²) in [6, 6.07) is 0. The van der Waals surface area contributed by atoms with Crippen LogP contribution in [0.15, 0.2) is 0 Å².